The molecule has 24 heavy (non-hydrogen) atoms. The first-order valence-corrected chi connectivity index (χ1v) is 9.54. The average Bonchev–Trinajstić information content (AvgIpc) is 3.26. The number of nitrogens with zero attached hydrogens (tertiary/aromatic N) is 4. The molecule has 1 saturated carbocycles. The monoisotopic (exact) mass is 350 g/mol. The normalized spacial score (nSPS) is 21.7. The maximum Gasteiger partial charge on any atom is 0.244 e. The van der Waals surface area contributed by atoms with E-state index in [1.165, 1.54) is 22.5 Å². The lowest BCUT2D eigenvalue weighted by Gasteiger charge is -2.32. The van der Waals surface area contributed by atoms with Gasteiger partial charge in [0.2, 0.25) is 10.0 Å². The first-order chi connectivity index (χ1) is 11.4. The van der Waals surface area contributed by atoms with Crippen molar-refractivity contribution in [2.24, 2.45) is 0 Å². The predicted octanol–water partition coefficient (Wildman–Crippen LogP) is 2.37. The van der Waals surface area contributed by atoms with Gasteiger partial charge in [0.1, 0.15) is 11.6 Å². The van der Waals surface area contributed by atoms with Crippen molar-refractivity contribution in [2.45, 2.75) is 50.1 Å². The van der Waals surface area contributed by atoms with E-state index in [1.807, 2.05) is 11.6 Å². The van der Waals surface area contributed by atoms with Crippen LogP contribution in [0.5, 0.6) is 0 Å². The van der Waals surface area contributed by atoms with Gasteiger partial charge in [0, 0.05) is 12.5 Å². The molecule has 1 aliphatic heterocycles. The molecule has 4 rings (SSSR count). The zero-order valence-corrected chi connectivity index (χ0v) is 14.4. The SMILES string of the molecule is Cc1cc(F)ccc1S(=O)(=O)N1CCn2nc(C3CC3)nc2[C@H]1C. The lowest BCUT2D eigenvalue weighted by molar-refractivity contribution is 0.265. The van der Waals surface area contributed by atoms with Crippen LogP contribution in [0.15, 0.2) is 23.1 Å². The molecule has 2 aliphatic rings. The van der Waals surface area contributed by atoms with Crippen LogP contribution >= 0.6 is 0 Å². The van der Waals surface area contributed by atoms with Gasteiger partial charge in [-0.15, -0.1) is 0 Å². The minimum Gasteiger partial charge on any atom is -0.247 e. The molecule has 0 unspecified atom stereocenters. The van der Waals surface area contributed by atoms with Gasteiger partial charge in [-0.05, 0) is 50.5 Å². The van der Waals surface area contributed by atoms with Crippen molar-refractivity contribution in [1.82, 2.24) is 19.1 Å². The quantitative estimate of drug-likeness (QED) is 0.852. The number of rotatable bonds is 3. The third kappa shape index (κ3) is 2.44. The van der Waals surface area contributed by atoms with Gasteiger partial charge in [-0.25, -0.2) is 22.5 Å². The Morgan fingerprint density at radius 1 is 1.25 bits per heavy atom. The Bertz CT molecular complexity index is 905. The second-order valence-electron chi connectivity index (χ2n) is 6.53. The molecule has 2 aromatic rings. The lowest BCUT2D eigenvalue weighted by atomic mass is 10.2. The van der Waals surface area contributed by atoms with Crippen LogP contribution < -0.4 is 0 Å². The summed E-state index contributed by atoms with van der Waals surface area (Å²) < 4.78 is 42.6. The smallest absolute Gasteiger partial charge is 0.244 e. The summed E-state index contributed by atoms with van der Waals surface area (Å²) >= 11 is 0. The van der Waals surface area contributed by atoms with Crippen LogP contribution in [0.2, 0.25) is 0 Å². The van der Waals surface area contributed by atoms with E-state index >= 15 is 0 Å². The number of hydrogen-bond donors (Lipinski definition) is 0. The molecular formula is C16H19FN4O2S. The first kappa shape index (κ1) is 15.7. The Morgan fingerprint density at radius 2 is 2.00 bits per heavy atom. The summed E-state index contributed by atoms with van der Waals surface area (Å²) in [5, 5.41) is 4.52. The Kier molecular flexibility index (Phi) is 3.50. The summed E-state index contributed by atoms with van der Waals surface area (Å²) in [7, 11) is -3.71. The topological polar surface area (TPSA) is 68.1 Å². The molecule has 0 bridgehead atoms. The van der Waals surface area contributed by atoms with E-state index < -0.39 is 21.9 Å². The number of hydrogen-bond acceptors (Lipinski definition) is 4. The summed E-state index contributed by atoms with van der Waals surface area (Å²) in [6.45, 7) is 4.25. The number of halogens is 1. The maximum absolute atomic E-state index is 13.3. The second-order valence-corrected chi connectivity index (χ2v) is 8.39. The standard InChI is InChI=1S/C16H19FN4O2S/c1-10-9-13(17)5-6-14(10)24(22,23)21-8-7-20-16(11(21)2)18-15(19-20)12-3-4-12/h5-6,9,11-12H,3-4,7-8H2,1-2H3/t11-/m1/s1. The Morgan fingerprint density at radius 3 is 2.67 bits per heavy atom. The molecule has 6 nitrogen and oxygen atoms in total. The predicted molar refractivity (Wildman–Crippen MR) is 85.4 cm³/mol. The summed E-state index contributed by atoms with van der Waals surface area (Å²) in [4.78, 5) is 4.72. The second kappa shape index (κ2) is 5.35. The number of aromatic nitrogens is 3. The van der Waals surface area contributed by atoms with Gasteiger partial charge in [-0.1, -0.05) is 0 Å². The van der Waals surface area contributed by atoms with Crippen LogP contribution in [0.4, 0.5) is 4.39 Å². The molecule has 0 saturated heterocycles. The molecule has 1 fully saturated rings. The van der Waals surface area contributed by atoms with Crippen molar-refractivity contribution < 1.29 is 12.8 Å². The first-order valence-electron chi connectivity index (χ1n) is 8.10. The van der Waals surface area contributed by atoms with E-state index in [9.17, 15) is 12.8 Å². The Hall–Kier alpha value is -1.80. The number of benzene rings is 1. The van der Waals surface area contributed by atoms with Crippen molar-refractivity contribution in [1.29, 1.82) is 0 Å². The molecule has 0 amide bonds. The van der Waals surface area contributed by atoms with Gasteiger partial charge in [0.05, 0.1) is 17.5 Å². The summed E-state index contributed by atoms with van der Waals surface area (Å²) in [6, 6.07) is 3.37. The van der Waals surface area contributed by atoms with Crippen LogP contribution in [-0.2, 0) is 16.6 Å². The summed E-state index contributed by atoms with van der Waals surface area (Å²) in [5.41, 5.74) is 0.410. The molecule has 1 aromatic carbocycles. The van der Waals surface area contributed by atoms with Gasteiger partial charge < -0.3 is 0 Å². The highest BCUT2D eigenvalue weighted by atomic mass is 32.2. The van der Waals surface area contributed by atoms with E-state index in [1.54, 1.807) is 6.92 Å². The zero-order chi connectivity index (χ0) is 17.1. The zero-order valence-electron chi connectivity index (χ0n) is 13.6. The summed E-state index contributed by atoms with van der Waals surface area (Å²) in [6.07, 6.45) is 2.21. The molecular weight excluding hydrogens is 331 g/mol. The molecule has 8 heteroatoms. The minimum absolute atomic E-state index is 0.145. The average molecular weight is 350 g/mol. The van der Waals surface area contributed by atoms with Crippen LogP contribution in [0, 0.1) is 12.7 Å². The minimum atomic E-state index is -3.71. The number of fused-ring (bicyclic) bond motifs is 1. The van der Waals surface area contributed by atoms with E-state index in [-0.39, 0.29) is 4.90 Å². The fourth-order valence-electron chi connectivity index (χ4n) is 3.23. The van der Waals surface area contributed by atoms with Gasteiger partial charge in [-0.2, -0.15) is 9.40 Å². The molecule has 1 atom stereocenters. The maximum atomic E-state index is 13.3. The Labute approximate surface area is 140 Å². The highest BCUT2D eigenvalue weighted by molar-refractivity contribution is 7.89. The van der Waals surface area contributed by atoms with E-state index in [4.69, 9.17) is 0 Å². The van der Waals surface area contributed by atoms with Gasteiger partial charge >= 0.3 is 0 Å². The number of aryl methyl sites for hydroxylation is 1. The third-order valence-corrected chi connectivity index (χ3v) is 6.85. The summed E-state index contributed by atoms with van der Waals surface area (Å²) in [5.74, 6) is 1.51. The van der Waals surface area contributed by atoms with Crippen molar-refractivity contribution in [3.05, 3.63) is 41.2 Å². The molecule has 128 valence electrons. The van der Waals surface area contributed by atoms with Gasteiger partial charge in [0.15, 0.2) is 5.82 Å². The fraction of sp³-hybridized carbons (Fsp3) is 0.500. The van der Waals surface area contributed by atoms with Crippen LogP contribution in [-0.4, -0.2) is 34.0 Å². The van der Waals surface area contributed by atoms with Gasteiger partial charge in [-0.3, -0.25) is 0 Å². The van der Waals surface area contributed by atoms with E-state index in [2.05, 4.69) is 10.1 Å². The van der Waals surface area contributed by atoms with Crippen LogP contribution in [0.3, 0.4) is 0 Å². The largest absolute Gasteiger partial charge is 0.247 e. The molecule has 2 heterocycles. The van der Waals surface area contributed by atoms with E-state index in [0.29, 0.717) is 30.4 Å². The molecule has 0 radical (unpaired) electrons. The third-order valence-electron chi connectivity index (χ3n) is 4.72. The Balaban J connectivity index is 1.70. The van der Waals surface area contributed by atoms with E-state index in [0.717, 1.165) is 18.7 Å². The van der Waals surface area contributed by atoms with Crippen molar-refractivity contribution in [3.63, 3.8) is 0 Å². The van der Waals surface area contributed by atoms with Crippen molar-refractivity contribution >= 4 is 10.0 Å². The fourth-order valence-corrected chi connectivity index (χ4v) is 5.02. The van der Waals surface area contributed by atoms with Crippen LogP contribution in [0.1, 0.15) is 48.9 Å². The highest BCUT2D eigenvalue weighted by Crippen LogP contribution is 2.39. The van der Waals surface area contributed by atoms with Crippen molar-refractivity contribution in [2.75, 3.05) is 6.54 Å². The number of sulfonamides is 1. The highest BCUT2D eigenvalue weighted by Gasteiger charge is 2.38. The van der Waals surface area contributed by atoms with Crippen molar-refractivity contribution in [3.8, 4) is 0 Å². The molecule has 1 aromatic heterocycles. The molecule has 0 spiro atoms. The molecule has 0 N–H and O–H groups in total. The lowest BCUT2D eigenvalue weighted by Crippen LogP contribution is -2.41. The van der Waals surface area contributed by atoms with Crippen LogP contribution in [0.25, 0.3) is 0 Å². The van der Waals surface area contributed by atoms with Gasteiger partial charge in [0.25, 0.3) is 0 Å². The molecule has 1 aliphatic carbocycles.